The molecule has 0 radical (unpaired) electrons. The van der Waals surface area contributed by atoms with Crippen molar-refractivity contribution in [2.45, 2.75) is 6.36 Å². The standard InChI is InChI=1S/C8H5F3N2O6/c1-18-4-3(7(14)15)2-12-6(13(16)17)5(4)19-8(9,10)11/h2H,1H3,(H,14,15). The summed E-state index contributed by atoms with van der Waals surface area (Å²) in [5.41, 5.74) is -0.799. The second-order valence-electron chi connectivity index (χ2n) is 2.97. The number of hydrogen-bond acceptors (Lipinski definition) is 6. The van der Waals surface area contributed by atoms with Crippen molar-refractivity contribution in [3.8, 4) is 11.5 Å². The first kappa shape index (κ1) is 14.5. The van der Waals surface area contributed by atoms with Crippen LogP contribution in [0.15, 0.2) is 6.20 Å². The molecule has 1 aromatic rings. The van der Waals surface area contributed by atoms with Gasteiger partial charge in [0, 0.05) is 0 Å². The van der Waals surface area contributed by atoms with Crippen LogP contribution in [-0.2, 0) is 0 Å². The molecule has 104 valence electrons. The first-order valence-corrected chi connectivity index (χ1v) is 4.37. The number of nitro groups is 1. The SMILES string of the molecule is COc1c(C(=O)O)cnc([N+](=O)[O-])c1OC(F)(F)F. The molecular formula is C8H5F3N2O6. The van der Waals surface area contributed by atoms with Crippen molar-refractivity contribution in [1.29, 1.82) is 0 Å². The van der Waals surface area contributed by atoms with E-state index in [1.54, 1.807) is 0 Å². The van der Waals surface area contributed by atoms with E-state index in [-0.39, 0.29) is 0 Å². The zero-order valence-corrected chi connectivity index (χ0v) is 9.09. The van der Waals surface area contributed by atoms with E-state index in [9.17, 15) is 28.1 Å². The van der Waals surface area contributed by atoms with Gasteiger partial charge < -0.3 is 24.7 Å². The number of aromatic carboxylic acids is 1. The van der Waals surface area contributed by atoms with Crippen LogP contribution in [-0.4, -0.2) is 34.5 Å². The van der Waals surface area contributed by atoms with Crippen LogP contribution in [0.1, 0.15) is 10.4 Å². The number of carboxylic acid groups (broad SMARTS) is 1. The number of alkyl halides is 3. The summed E-state index contributed by atoms with van der Waals surface area (Å²) in [5, 5.41) is 19.3. The summed E-state index contributed by atoms with van der Waals surface area (Å²) in [7, 11) is 0.842. The Labute approximate surface area is 102 Å². The third-order valence-electron chi connectivity index (χ3n) is 1.80. The lowest BCUT2D eigenvalue weighted by atomic mass is 10.2. The third kappa shape index (κ3) is 3.20. The van der Waals surface area contributed by atoms with E-state index in [1.807, 2.05) is 0 Å². The number of nitrogens with zero attached hydrogens (tertiary/aromatic N) is 2. The highest BCUT2D eigenvalue weighted by Crippen LogP contribution is 2.40. The molecule has 0 saturated carbocycles. The number of pyridine rings is 1. The Kier molecular flexibility index (Phi) is 3.77. The van der Waals surface area contributed by atoms with Gasteiger partial charge in [-0.15, -0.1) is 13.2 Å². The molecule has 0 aliphatic rings. The highest BCUT2D eigenvalue weighted by Gasteiger charge is 2.39. The van der Waals surface area contributed by atoms with Crippen LogP contribution in [0.5, 0.6) is 11.5 Å². The van der Waals surface area contributed by atoms with Gasteiger partial charge in [-0.05, 0) is 9.91 Å². The van der Waals surface area contributed by atoms with Crippen molar-refractivity contribution in [3.63, 3.8) is 0 Å². The average Bonchev–Trinajstić information content (AvgIpc) is 2.25. The maximum absolute atomic E-state index is 12.2. The monoisotopic (exact) mass is 282 g/mol. The lowest BCUT2D eigenvalue weighted by Crippen LogP contribution is -2.19. The second-order valence-corrected chi connectivity index (χ2v) is 2.97. The largest absolute Gasteiger partial charge is 0.573 e. The van der Waals surface area contributed by atoms with Crippen LogP contribution in [0.4, 0.5) is 19.0 Å². The summed E-state index contributed by atoms with van der Waals surface area (Å²) in [4.78, 5) is 23.1. The molecule has 19 heavy (non-hydrogen) atoms. The number of methoxy groups -OCH3 is 1. The van der Waals surface area contributed by atoms with Crippen LogP contribution >= 0.6 is 0 Å². The molecule has 0 bridgehead atoms. The summed E-state index contributed by atoms with van der Waals surface area (Å²) >= 11 is 0. The second kappa shape index (κ2) is 4.96. The first-order chi connectivity index (χ1) is 8.67. The maximum atomic E-state index is 12.2. The minimum absolute atomic E-state index is 0.503. The molecule has 0 amide bonds. The van der Waals surface area contributed by atoms with Gasteiger partial charge in [0.2, 0.25) is 0 Å². The molecule has 8 nitrogen and oxygen atoms in total. The molecule has 0 spiro atoms. The number of ether oxygens (including phenoxy) is 2. The number of carbonyl (C=O) groups is 1. The summed E-state index contributed by atoms with van der Waals surface area (Å²) < 4.78 is 44.3. The molecular weight excluding hydrogens is 277 g/mol. The van der Waals surface area contributed by atoms with E-state index in [0.717, 1.165) is 7.11 Å². The first-order valence-electron chi connectivity index (χ1n) is 4.37. The molecule has 11 heteroatoms. The van der Waals surface area contributed by atoms with Gasteiger partial charge in [-0.25, -0.2) is 4.79 Å². The van der Waals surface area contributed by atoms with E-state index in [1.165, 1.54) is 0 Å². The van der Waals surface area contributed by atoms with Crippen LogP contribution in [0.25, 0.3) is 0 Å². The lowest BCUT2D eigenvalue weighted by Gasteiger charge is -2.12. The van der Waals surface area contributed by atoms with Crippen molar-refractivity contribution in [3.05, 3.63) is 21.9 Å². The van der Waals surface area contributed by atoms with Crippen LogP contribution in [0, 0.1) is 10.1 Å². The Bertz CT molecular complexity index is 530. The van der Waals surface area contributed by atoms with E-state index in [2.05, 4.69) is 14.5 Å². The zero-order chi connectivity index (χ0) is 14.8. The van der Waals surface area contributed by atoms with Crippen molar-refractivity contribution in [2.24, 2.45) is 0 Å². The summed E-state index contributed by atoms with van der Waals surface area (Å²) in [6.07, 6.45) is -4.76. The molecule has 1 aromatic heterocycles. The van der Waals surface area contributed by atoms with E-state index < -0.39 is 40.1 Å². The maximum Gasteiger partial charge on any atom is 0.573 e. The summed E-state index contributed by atoms with van der Waals surface area (Å²) in [6, 6.07) is 0. The molecule has 0 saturated heterocycles. The number of hydrogen-bond donors (Lipinski definition) is 1. The van der Waals surface area contributed by atoms with Crippen molar-refractivity contribution >= 4 is 11.8 Å². The van der Waals surface area contributed by atoms with Gasteiger partial charge >= 0.3 is 18.1 Å². The number of aromatic nitrogens is 1. The smallest absolute Gasteiger partial charge is 0.492 e. The van der Waals surface area contributed by atoms with Crippen molar-refractivity contribution in [1.82, 2.24) is 4.98 Å². The summed E-state index contributed by atoms with van der Waals surface area (Å²) in [5.74, 6) is -5.34. The summed E-state index contributed by atoms with van der Waals surface area (Å²) in [6.45, 7) is 0. The predicted octanol–water partition coefficient (Wildman–Crippen LogP) is 1.60. The predicted molar refractivity (Wildman–Crippen MR) is 51.1 cm³/mol. The molecule has 0 fully saturated rings. The fourth-order valence-electron chi connectivity index (χ4n) is 1.16. The van der Waals surface area contributed by atoms with Crippen LogP contribution in [0.2, 0.25) is 0 Å². The molecule has 0 aromatic carbocycles. The normalized spacial score (nSPS) is 10.9. The molecule has 0 aliphatic heterocycles. The molecule has 1 N–H and O–H groups in total. The van der Waals surface area contributed by atoms with Gasteiger partial charge in [0.25, 0.3) is 5.75 Å². The minimum atomic E-state index is -5.27. The molecule has 0 atom stereocenters. The Balaban J connectivity index is 3.54. The van der Waals surface area contributed by atoms with E-state index >= 15 is 0 Å². The quantitative estimate of drug-likeness (QED) is 0.659. The Morgan fingerprint density at radius 2 is 2.05 bits per heavy atom. The van der Waals surface area contributed by atoms with Crippen LogP contribution in [0.3, 0.4) is 0 Å². The fraction of sp³-hybridized carbons (Fsp3) is 0.250. The van der Waals surface area contributed by atoms with Gasteiger partial charge in [-0.2, -0.15) is 0 Å². The third-order valence-corrected chi connectivity index (χ3v) is 1.80. The van der Waals surface area contributed by atoms with Crippen LogP contribution < -0.4 is 9.47 Å². The zero-order valence-electron chi connectivity index (χ0n) is 9.09. The Hall–Kier alpha value is -2.59. The molecule has 1 rings (SSSR count). The highest BCUT2D eigenvalue weighted by atomic mass is 19.4. The minimum Gasteiger partial charge on any atom is -0.492 e. The Morgan fingerprint density at radius 3 is 2.42 bits per heavy atom. The van der Waals surface area contributed by atoms with Gasteiger partial charge in [-0.1, -0.05) is 0 Å². The van der Waals surface area contributed by atoms with Gasteiger partial charge in [0.1, 0.15) is 5.56 Å². The molecule has 0 unspecified atom stereocenters. The van der Waals surface area contributed by atoms with Crippen molar-refractivity contribution < 1.29 is 37.5 Å². The highest BCUT2D eigenvalue weighted by molar-refractivity contribution is 5.92. The average molecular weight is 282 g/mol. The van der Waals surface area contributed by atoms with Crippen molar-refractivity contribution in [2.75, 3.05) is 7.11 Å². The van der Waals surface area contributed by atoms with E-state index in [4.69, 9.17) is 5.11 Å². The molecule has 0 aliphatic carbocycles. The van der Waals surface area contributed by atoms with Gasteiger partial charge in [0.15, 0.2) is 11.9 Å². The number of rotatable bonds is 4. The number of carboxylic acids is 1. The van der Waals surface area contributed by atoms with Gasteiger partial charge in [-0.3, -0.25) is 0 Å². The lowest BCUT2D eigenvalue weighted by molar-refractivity contribution is -0.393. The van der Waals surface area contributed by atoms with Gasteiger partial charge in [0.05, 0.1) is 7.11 Å². The van der Waals surface area contributed by atoms with E-state index in [0.29, 0.717) is 6.20 Å². The Morgan fingerprint density at radius 1 is 1.47 bits per heavy atom. The number of halogens is 3. The topological polar surface area (TPSA) is 112 Å². The molecule has 1 heterocycles. The fourth-order valence-corrected chi connectivity index (χ4v) is 1.16.